The van der Waals surface area contributed by atoms with E-state index in [2.05, 4.69) is 24.2 Å². The molecule has 2 nitrogen and oxygen atoms in total. The van der Waals surface area contributed by atoms with Crippen LogP contribution in [0.5, 0.6) is 0 Å². The minimum atomic E-state index is 0.138. The lowest BCUT2D eigenvalue weighted by Crippen LogP contribution is -2.39. The van der Waals surface area contributed by atoms with Crippen molar-refractivity contribution in [2.45, 2.75) is 48.3 Å². The first-order chi connectivity index (χ1) is 9.17. The Hall–Kier alpha value is -0.610. The topological polar surface area (TPSA) is 29.1 Å². The maximum absolute atomic E-state index is 12.0. The lowest BCUT2D eigenvalue weighted by Gasteiger charge is -2.28. The molecule has 0 spiro atoms. The second kappa shape index (κ2) is 7.25. The molecule has 1 fully saturated rings. The zero-order valence-corrected chi connectivity index (χ0v) is 13.0. The second-order valence-corrected chi connectivity index (χ2v) is 6.79. The van der Waals surface area contributed by atoms with E-state index in [-0.39, 0.29) is 5.91 Å². The number of nitrogens with one attached hydrogen (secondary N) is 1. The summed E-state index contributed by atoms with van der Waals surface area (Å²) in [5.74, 6) is 0.138. The van der Waals surface area contributed by atoms with Gasteiger partial charge in [-0.05, 0) is 43.2 Å². The molecule has 1 aromatic rings. The summed E-state index contributed by atoms with van der Waals surface area (Å²) in [6, 6.07) is 8.15. The number of benzene rings is 1. The average Bonchev–Trinajstić information content (AvgIpc) is 2.41. The number of hydrogen-bond acceptors (Lipinski definition) is 3. The van der Waals surface area contributed by atoms with Crippen LogP contribution in [0.25, 0.3) is 0 Å². The molecule has 1 aromatic carbocycles. The lowest BCUT2D eigenvalue weighted by atomic mass is 9.94. The van der Waals surface area contributed by atoms with E-state index in [0.29, 0.717) is 17.7 Å². The van der Waals surface area contributed by atoms with Crippen LogP contribution >= 0.6 is 24.4 Å². The van der Waals surface area contributed by atoms with Gasteiger partial charge in [-0.25, -0.2) is 0 Å². The van der Waals surface area contributed by atoms with E-state index < -0.39 is 0 Å². The lowest BCUT2D eigenvalue weighted by molar-refractivity contribution is -0.121. The van der Waals surface area contributed by atoms with E-state index in [1.54, 1.807) is 0 Å². The third-order valence-electron chi connectivity index (χ3n) is 3.63. The predicted molar refractivity (Wildman–Crippen MR) is 85.1 cm³/mol. The molecule has 0 bridgehead atoms. The van der Waals surface area contributed by atoms with Crippen molar-refractivity contribution in [3.8, 4) is 0 Å². The van der Waals surface area contributed by atoms with Crippen LogP contribution in [0.3, 0.4) is 0 Å². The van der Waals surface area contributed by atoms with Crippen molar-refractivity contribution in [3.05, 3.63) is 29.8 Å². The number of thioether (sulfide) groups is 1. The van der Waals surface area contributed by atoms with Crippen molar-refractivity contribution >= 4 is 30.3 Å². The molecule has 2 unspecified atom stereocenters. The van der Waals surface area contributed by atoms with Gasteiger partial charge < -0.3 is 5.32 Å². The summed E-state index contributed by atoms with van der Waals surface area (Å²) in [7, 11) is 0. The number of thiol groups is 1. The smallest absolute Gasteiger partial charge is 0.224 e. The molecule has 2 atom stereocenters. The molecule has 0 aromatic heterocycles. The van der Waals surface area contributed by atoms with Crippen LogP contribution in [0.2, 0.25) is 0 Å². The summed E-state index contributed by atoms with van der Waals surface area (Å²) in [6.07, 6.45) is 7.38. The van der Waals surface area contributed by atoms with Crippen molar-refractivity contribution in [1.29, 1.82) is 0 Å². The van der Waals surface area contributed by atoms with Crippen LogP contribution in [-0.4, -0.2) is 23.5 Å². The van der Waals surface area contributed by atoms with Crippen molar-refractivity contribution < 1.29 is 4.79 Å². The molecule has 1 N–H and O–H groups in total. The molecule has 19 heavy (non-hydrogen) atoms. The molecule has 104 valence electrons. The molecule has 0 radical (unpaired) electrons. The molecule has 0 aliphatic heterocycles. The largest absolute Gasteiger partial charge is 0.353 e. The van der Waals surface area contributed by atoms with E-state index >= 15 is 0 Å². The molecule has 1 saturated carbocycles. The molecule has 0 heterocycles. The Balaban J connectivity index is 1.82. The molecular formula is C15H21NOS2. The van der Waals surface area contributed by atoms with Gasteiger partial charge in [0.2, 0.25) is 5.91 Å². The Labute approximate surface area is 125 Å². The van der Waals surface area contributed by atoms with Crippen LogP contribution < -0.4 is 5.32 Å². The van der Waals surface area contributed by atoms with Crippen molar-refractivity contribution in [1.82, 2.24) is 5.32 Å². The molecule has 1 aliphatic rings. The third kappa shape index (κ3) is 4.77. The highest BCUT2D eigenvalue weighted by atomic mass is 32.2. The number of amides is 1. The first-order valence-corrected chi connectivity index (χ1v) is 8.51. The first-order valence-electron chi connectivity index (χ1n) is 6.77. The van der Waals surface area contributed by atoms with E-state index in [1.165, 1.54) is 12.8 Å². The van der Waals surface area contributed by atoms with Gasteiger partial charge in [-0.15, -0.1) is 12.6 Å². The van der Waals surface area contributed by atoms with Crippen LogP contribution in [0.1, 0.15) is 31.2 Å². The fraction of sp³-hybridized carbons (Fsp3) is 0.533. The number of rotatable bonds is 4. The van der Waals surface area contributed by atoms with Crippen LogP contribution in [-0.2, 0) is 11.2 Å². The van der Waals surface area contributed by atoms with E-state index in [9.17, 15) is 4.79 Å². The Bertz CT molecular complexity index is 419. The van der Waals surface area contributed by atoms with Gasteiger partial charge in [0.1, 0.15) is 0 Å². The normalized spacial score (nSPS) is 23.1. The predicted octanol–water partition coefficient (Wildman–Crippen LogP) is 3.31. The van der Waals surface area contributed by atoms with E-state index in [4.69, 9.17) is 0 Å². The van der Waals surface area contributed by atoms with Crippen LogP contribution in [0.15, 0.2) is 29.2 Å². The Morgan fingerprint density at radius 1 is 1.37 bits per heavy atom. The Morgan fingerprint density at radius 3 is 2.79 bits per heavy atom. The monoisotopic (exact) mass is 295 g/mol. The Kier molecular flexibility index (Phi) is 5.64. The quantitative estimate of drug-likeness (QED) is 0.835. The van der Waals surface area contributed by atoms with Gasteiger partial charge >= 0.3 is 0 Å². The highest BCUT2D eigenvalue weighted by Gasteiger charge is 2.22. The molecule has 4 heteroatoms. The number of carbonyl (C=O) groups excluding carboxylic acids is 1. The van der Waals surface area contributed by atoms with Crippen molar-refractivity contribution in [2.24, 2.45) is 0 Å². The van der Waals surface area contributed by atoms with E-state index in [0.717, 1.165) is 23.3 Å². The highest BCUT2D eigenvalue weighted by Crippen LogP contribution is 2.26. The molecule has 2 rings (SSSR count). The van der Waals surface area contributed by atoms with E-state index in [1.807, 2.05) is 36.0 Å². The summed E-state index contributed by atoms with van der Waals surface area (Å²) in [6.45, 7) is 0. The number of hydrogen-bond donors (Lipinski definition) is 2. The summed E-state index contributed by atoms with van der Waals surface area (Å²) in [5.41, 5.74) is 1.05. The zero-order chi connectivity index (χ0) is 13.7. The second-order valence-electron chi connectivity index (χ2n) is 5.13. The summed E-state index contributed by atoms with van der Waals surface area (Å²) in [5, 5.41) is 3.89. The average molecular weight is 295 g/mol. The molecule has 0 saturated heterocycles. The third-order valence-corrected chi connectivity index (χ3v) is 5.02. The summed E-state index contributed by atoms with van der Waals surface area (Å²) in [4.78, 5) is 13.0. The maximum Gasteiger partial charge on any atom is 0.224 e. The van der Waals surface area contributed by atoms with Gasteiger partial charge in [-0.3, -0.25) is 4.79 Å². The van der Waals surface area contributed by atoms with Gasteiger partial charge in [0, 0.05) is 16.2 Å². The Morgan fingerprint density at radius 2 is 2.11 bits per heavy atom. The zero-order valence-electron chi connectivity index (χ0n) is 11.3. The maximum atomic E-state index is 12.0. The molecular weight excluding hydrogens is 274 g/mol. The summed E-state index contributed by atoms with van der Waals surface area (Å²) >= 11 is 6.17. The van der Waals surface area contributed by atoms with Crippen molar-refractivity contribution in [3.63, 3.8) is 0 Å². The standard InChI is InChI=1S/C15H21NOS2/c1-19-14-4-2-3-12(10-14)16-15(17)9-11-5-7-13(18)8-6-11/h5-8,12,14,18H,2-4,9-10H2,1H3,(H,16,17). The molecule has 1 amide bonds. The van der Waals surface area contributed by atoms with Gasteiger partial charge in [0.25, 0.3) is 0 Å². The minimum Gasteiger partial charge on any atom is -0.353 e. The minimum absolute atomic E-state index is 0.138. The van der Waals surface area contributed by atoms with Crippen LogP contribution in [0, 0.1) is 0 Å². The van der Waals surface area contributed by atoms with Gasteiger partial charge in [0.15, 0.2) is 0 Å². The van der Waals surface area contributed by atoms with Crippen molar-refractivity contribution in [2.75, 3.05) is 6.26 Å². The van der Waals surface area contributed by atoms with Crippen LogP contribution in [0.4, 0.5) is 0 Å². The van der Waals surface area contributed by atoms with Gasteiger partial charge in [-0.2, -0.15) is 11.8 Å². The highest BCUT2D eigenvalue weighted by molar-refractivity contribution is 7.99. The van der Waals surface area contributed by atoms with Gasteiger partial charge in [0.05, 0.1) is 6.42 Å². The fourth-order valence-corrected chi connectivity index (χ4v) is 3.54. The van der Waals surface area contributed by atoms with Gasteiger partial charge in [-0.1, -0.05) is 18.6 Å². The summed E-state index contributed by atoms with van der Waals surface area (Å²) < 4.78 is 0. The molecule has 1 aliphatic carbocycles. The fourth-order valence-electron chi connectivity index (χ4n) is 2.57. The number of carbonyl (C=O) groups is 1. The first kappa shape index (κ1) is 14.8. The SMILES string of the molecule is CSC1CCCC(NC(=O)Cc2ccc(S)cc2)C1.